The number of amides is 3. The normalized spacial score (nSPS) is 23.3. The van der Waals surface area contributed by atoms with Crippen LogP contribution in [0.15, 0.2) is 18.2 Å². The van der Waals surface area contributed by atoms with E-state index in [4.69, 9.17) is 0 Å². The van der Waals surface area contributed by atoms with Crippen molar-refractivity contribution in [2.24, 2.45) is 0 Å². The molecule has 4 rings (SSSR count). The van der Waals surface area contributed by atoms with Crippen molar-refractivity contribution < 1.29 is 18.8 Å². The second-order valence-electron chi connectivity index (χ2n) is 7.43. The second kappa shape index (κ2) is 6.92. The van der Waals surface area contributed by atoms with Crippen molar-refractivity contribution in [1.82, 2.24) is 14.7 Å². The molecule has 0 aliphatic carbocycles. The third-order valence-corrected chi connectivity index (χ3v) is 5.69. The molecule has 0 saturated carbocycles. The van der Waals surface area contributed by atoms with Gasteiger partial charge in [0.05, 0.1) is 11.3 Å². The Morgan fingerprint density at radius 3 is 2.63 bits per heavy atom. The first-order chi connectivity index (χ1) is 13.0. The third kappa shape index (κ3) is 3.18. The Morgan fingerprint density at radius 2 is 1.89 bits per heavy atom. The van der Waals surface area contributed by atoms with Crippen LogP contribution in [0.4, 0.5) is 10.1 Å². The highest BCUT2D eigenvalue weighted by molar-refractivity contribution is 6.12. The molecule has 0 radical (unpaired) electrons. The molecule has 1 atom stereocenters. The van der Waals surface area contributed by atoms with Crippen LogP contribution in [0.25, 0.3) is 0 Å². The number of anilines is 1. The molecular weight excluding hydrogens is 351 g/mol. The van der Waals surface area contributed by atoms with E-state index in [0.29, 0.717) is 31.7 Å². The summed E-state index contributed by atoms with van der Waals surface area (Å²) < 4.78 is 13.8. The Labute approximate surface area is 157 Å². The summed E-state index contributed by atoms with van der Waals surface area (Å²) in [6.45, 7) is 3.15. The van der Waals surface area contributed by atoms with Crippen LogP contribution in [-0.2, 0) is 9.59 Å². The topological polar surface area (TPSA) is 64.2 Å². The number of rotatable bonds is 2. The first kappa shape index (κ1) is 17.9. The standard InChI is InChI=1S/C19H23FN4O3/c1-21-7-9-22(10-8-21)17(25)12-24-15-5-4-13(20)11-14(15)18(26)23-6-2-3-16(23)19(24)27/h4-5,11,16H,2-3,6-10,12H2,1H3. The lowest BCUT2D eigenvalue weighted by atomic mass is 10.1. The maximum Gasteiger partial charge on any atom is 0.256 e. The molecule has 0 spiro atoms. The van der Waals surface area contributed by atoms with Crippen molar-refractivity contribution in [3.05, 3.63) is 29.6 Å². The van der Waals surface area contributed by atoms with Gasteiger partial charge in [-0.25, -0.2) is 4.39 Å². The van der Waals surface area contributed by atoms with Crippen LogP contribution in [0.2, 0.25) is 0 Å². The summed E-state index contributed by atoms with van der Waals surface area (Å²) in [5.74, 6) is -1.27. The summed E-state index contributed by atoms with van der Waals surface area (Å²) in [7, 11) is 2.01. The molecule has 0 N–H and O–H groups in total. The van der Waals surface area contributed by atoms with Crippen LogP contribution in [0.5, 0.6) is 0 Å². The highest BCUT2D eigenvalue weighted by Gasteiger charge is 2.43. The molecule has 1 unspecified atom stereocenters. The lowest BCUT2D eigenvalue weighted by Crippen LogP contribution is -2.52. The first-order valence-electron chi connectivity index (χ1n) is 9.34. The monoisotopic (exact) mass is 374 g/mol. The van der Waals surface area contributed by atoms with Gasteiger partial charge in [0, 0.05) is 32.7 Å². The van der Waals surface area contributed by atoms with E-state index in [1.807, 2.05) is 7.05 Å². The lowest BCUT2D eigenvalue weighted by molar-refractivity contribution is -0.133. The van der Waals surface area contributed by atoms with E-state index >= 15 is 0 Å². The number of hydrogen-bond donors (Lipinski definition) is 0. The van der Waals surface area contributed by atoms with Crippen LogP contribution in [-0.4, -0.2) is 84.8 Å². The summed E-state index contributed by atoms with van der Waals surface area (Å²) in [6.07, 6.45) is 1.30. The van der Waals surface area contributed by atoms with E-state index in [9.17, 15) is 18.8 Å². The fourth-order valence-corrected chi connectivity index (χ4v) is 4.09. The maximum atomic E-state index is 13.8. The largest absolute Gasteiger partial charge is 0.339 e. The SMILES string of the molecule is CN1CCN(C(=O)CN2C(=O)C3CCCN3C(=O)c3cc(F)ccc32)CC1. The molecule has 1 aromatic carbocycles. The average molecular weight is 374 g/mol. The van der Waals surface area contributed by atoms with Gasteiger partial charge in [-0.05, 0) is 38.1 Å². The summed E-state index contributed by atoms with van der Waals surface area (Å²) in [5, 5.41) is 0. The van der Waals surface area contributed by atoms with E-state index in [1.54, 1.807) is 4.90 Å². The Kier molecular flexibility index (Phi) is 4.59. The van der Waals surface area contributed by atoms with Crippen LogP contribution >= 0.6 is 0 Å². The molecule has 27 heavy (non-hydrogen) atoms. The average Bonchev–Trinajstić information content (AvgIpc) is 3.13. The fraction of sp³-hybridized carbons (Fsp3) is 0.526. The number of likely N-dealkylation sites (N-methyl/N-ethyl adjacent to an activating group) is 1. The van der Waals surface area contributed by atoms with Gasteiger partial charge in [-0.2, -0.15) is 0 Å². The second-order valence-corrected chi connectivity index (χ2v) is 7.43. The predicted molar refractivity (Wildman–Crippen MR) is 96.9 cm³/mol. The zero-order valence-corrected chi connectivity index (χ0v) is 15.4. The molecule has 2 saturated heterocycles. The molecule has 1 aromatic rings. The predicted octanol–water partition coefficient (Wildman–Crippen LogP) is 0.551. The van der Waals surface area contributed by atoms with Gasteiger partial charge in [0.25, 0.3) is 5.91 Å². The van der Waals surface area contributed by atoms with E-state index in [1.165, 1.54) is 28.0 Å². The summed E-state index contributed by atoms with van der Waals surface area (Å²) in [6, 6.07) is 3.25. The van der Waals surface area contributed by atoms with E-state index in [-0.39, 0.29) is 29.8 Å². The van der Waals surface area contributed by atoms with Crippen molar-refractivity contribution in [3.63, 3.8) is 0 Å². The Morgan fingerprint density at radius 1 is 1.15 bits per heavy atom. The zero-order valence-electron chi connectivity index (χ0n) is 15.4. The number of hydrogen-bond acceptors (Lipinski definition) is 4. The number of halogens is 1. The van der Waals surface area contributed by atoms with E-state index in [0.717, 1.165) is 19.5 Å². The van der Waals surface area contributed by atoms with Crippen LogP contribution < -0.4 is 4.90 Å². The Bertz CT molecular complexity index is 791. The highest BCUT2D eigenvalue weighted by atomic mass is 19.1. The zero-order chi connectivity index (χ0) is 19.1. The fourth-order valence-electron chi connectivity index (χ4n) is 4.09. The third-order valence-electron chi connectivity index (χ3n) is 5.69. The molecule has 144 valence electrons. The summed E-state index contributed by atoms with van der Waals surface area (Å²) >= 11 is 0. The lowest BCUT2D eigenvalue weighted by Gasteiger charge is -2.34. The van der Waals surface area contributed by atoms with Crippen molar-refractivity contribution in [3.8, 4) is 0 Å². The van der Waals surface area contributed by atoms with Gasteiger partial charge in [-0.15, -0.1) is 0 Å². The maximum absolute atomic E-state index is 13.8. The van der Waals surface area contributed by atoms with Gasteiger partial charge in [0.15, 0.2) is 0 Å². The molecule has 0 aromatic heterocycles. The van der Waals surface area contributed by atoms with Crippen molar-refractivity contribution in [1.29, 1.82) is 0 Å². The smallest absolute Gasteiger partial charge is 0.256 e. The van der Waals surface area contributed by atoms with Crippen LogP contribution in [0.1, 0.15) is 23.2 Å². The highest BCUT2D eigenvalue weighted by Crippen LogP contribution is 2.32. The number of carbonyl (C=O) groups excluding carboxylic acids is 3. The number of nitrogens with zero attached hydrogens (tertiary/aromatic N) is 4. The molecule has 7 nitrogen and oxygen atoms in total. The van der Waals surface area contributed by atoms with E-state index < -0.39 is 11.9 Å². The summed E-state index contributed by atoms with van der Waals surface area (Å²) in [5.41, 5.74) is 0.474. The minimum atomic E-state index is -0.576. The molecular formula is C19H23FN4O3. The molecule has 8 heteroatoms. The van der Waals surface area contributed by atoms with Crippen LogP contribution in [0, 0.1) is 5.82 Å². The molecule has 0 bridgehead atoms. The quantitative estimate of drug-likeness (QED) is 0.759. The number of fused-ring (bicyclic) bond motifs is 2. The van der Waals surface area contributed by atoms with Gasteiger partial charge >= 0.3 is 0 Å². The van der Waals surface area contributed by atoms with Crippen molar-refractivity contribution in [2.75, 3.05) is 51.2 Å². The first-order valence-corrected chi connectivity index (χ1v) is 9.34. The number of piperazine rings is 1. The van der Waals surface area contributed by atoms with Gasteiger partial charge in [-0.3, -0.25) is 14.4 Å². The van der Waals surface area contributed by atoms with E-state index in [2.05, 4.69) is 4.90 Å². The van der Waals surface area contributed by atoms with Gasteiger partial charge in [-0.1, -0.05) is 0 Å². The molecule has 2 fully saturated rings. The summed E-state index contributed by atoms with van der Waals surface area (Å²) in [4.78, 5) is 45.6. The molecule has 3 aliphatic rings. The Balaban J connectivity index is 1.66. The molecule has 3 amide bonds. The minimum Gasteiger partial charge on any atom is -0.339 e. The van der Waals surface area contributed by atoms with Gasteiger partial charge < -0.3 is 19.6 Å². The number of carbonyl (C=O) groups is 3. The van der Waals surface area contributed by atoms with Crippen molar-refractivity contribution >= 4 is 23.4 Å². The Hall–Kier alpha value is -2.48. The van der Waals surface area contributed by atoms with Crippen LogP contribution in [0.3, 0.4) is 0 Å². The van der Waals surface area contributed by atoms with Crippen molar-refractivity contribution in [2.45, 2.75) is 18.9 Å². The van der Waals surface area contributed by atoms with Gasteiger partial charge in [0.2, 0.25) is 11.8 Å². The molecule has 3 heterocycles. The van der Waals surface area contributed by atoms with Gasteiger partial charge in [0.1, 0.15) is 18.4 Å². The number of benzene rings is 1. The minimum absolute atomic E-state index is 0.126. The molecule has 3 aliphatic heterocycles.